The lowest BCUT2D eigenvalue weighted by atomic mass is 10.1. The number of thioether (sulfide) groups is 1. The van der Waals surface area contributed by atoms with Gasteiger partial charge in [0, 0.05) is 12.4 Å². The van der Waals surface area contributed by atoms with Gasteiger partial charge in [-0.25, -0.2) is 4.98 Å². The third kappa shape index (κ3) is 1.95. The Morgan fingerprint density at radius 2 is 1.71 bits per heavy atom. The Bertz CT molecular complexity index is 814. The van der Waals surface area contributed by atoms with Crippen LogP contribution < -0.4 is 0 Å². The number of hydrogen-bond donors (Lipinski definition) is 0. The monoisotopic (exact) mass is 294 g/mol. The van der Waals surface area contributed by atoms with Crippen molar-refractivity contribution in [2.45, 2.75) is 5.16 Å². The van der Waals surface area contributed by atoms with Crippen LogP contribution >= 0.6 is 11.8 Å². The first-order valence-corrected chi connectivity index (χ1v) is 7.45. The quantitative estimate of drug-likeness (QED) is 0.727. The van der Waals surface area contributed by atoms with Gasteiger partial charge in [-0.05, 0) is 24.3 Å². The summed E-state index contributed by atoms with van der Waals surface area (Å²) in [6.07, 6.45) is 3.43. The molecule has 1 aliphatic rings. The van der Waals surface area contributed by atoms with Crippen LogP contribution in [0.2, 0.25) is 0 Å². The van der Waals surface area contributed by atoms with Crippen LogP contribution in [0, 0.1) is 0 Å². The summed E-state index contributed by atoms with van der Waals surface area (Å²) < 4.78 is 1.65. The summed E-state index contributed by atoms with van der Waals surface area (Å²) in [5, 5.41) is 0.710. The average molecular weight is 294 g/mol. The molecule has 0 bridgehead atoms. The fourth-order valence-corrected chi connectivity index (χ4v) is 3.20. The Balaban J connectivity index is 2.01. The van der Waals surface area contributed by atoms with Gasteiger partial charge in [0.2, 0.25) is 5.91 Å². The van der Waals surface area contributed by atoms with Gasteiger partial charge in [0.15, 0.2) is 5.16 Å². The normalized spacial score (nSPS) is 13.4. The van der Waals surface area contributed by atoms with Gasteiger partial charge in [-0.15, -0.1) is 0 Å². The van der Waals surface area contributed by atoms with Crippen LogP contribution in [0.1, 0.15) is 4.79 Å². The first kappa shape index (κ1) is 12.3. The molecule has 3 aromatic heterocycles. The Morgan fingerprint density at radius 1 is 1.00 bits per heavy atom. The van der Waals surface area contributed by atoms with Crippen molar-refractivity contribution in [1.29, 1.82) is 0 Å². The lowest BCUT2D eigenvalue weighted by Crippen LogP contribution is -2.09. The van der Waals surface area contributed by atoms with Crippen molar-refractivity contribution in [1.82, 2.24) is 19.5 Å². The minimum Gasteiger partial charge on any atom is -0.273 e. The van der Waals surface area contributed by atoms with E-state index in [-0.39, 0.29) is 5.91 Å². The number of aromatic nitrogens is 4. The van der Waals surface area contributed by atoms with Crippen LogP contribution in [0.4, 0.5) is 0 Å². The minimum atomic E-state index is 0.0327. The van der Waals surface area contributed by atoms with Crippen molar-refractivity contribution in [3.8, 4) is 22.8 Å². The van der Waals surface area contributed by atoms with E-state index in [1.165, 1.54) is 11.8 Å². The Morgan fingerprint density at radius 3 is 2.38 bits per heavy atom. The molecule has 0 atom stereocenters. The molecule has 6 heteroatoms. The molecule has 0 saturated heterocycles. The Labute approximate surface area is 125 Å². The van der Waals surface area contributed by atoms with Crippen molar-refractivity contribution in [3.05, 3.63) is 48.8 Å². The molecule has 4 heterocycles. The molecule has 5 nitrogen and oxygen atoms in total. The third-order valence-corrected chi connectivity index (χ3v) is 4.16. The molecule has 0 saturated carbocycles. The van der Waals surface area contributed by atoms with E-state index < -0.39 is 0 Å². The molecule has 102 valence electrons. The number of fused-ring (bicyclic) bond motifs is 1. The number of nitrogens with zero attached hydrogens (tertiary/aromatic N) is 4. The molecule has 21 heavy (non-hydrogen) atoms. The van der Waals surface area contributed by atoms with E-state index in [0.717, 1.165) is 17.1 Å². The predicted molar refractivity (Wildman–Crippen MR) is 80.0 cm³/mol. The second-order valence-electron chi connectivity index (χ2n) is 4.54. The van der Waals surface area contributed by atoms with Gasteiger partial charge in [-0.1, -0.05) is 23.9 Å². The molecule has 0 aromatic carbocycles. The largest absolute Gasteiger partial charge is 0.273 e. The maximum Gasteiger partial charge on any atom is 0.243 e. The molecule has 0 fully saturated rings. The van der Waals surface area contributed by atoms with Gasteiger partial charge < -0.3 is 0 Å². The highest BCUT2D eigenvalue weighted by Crippen LogP contribution is 2.37. The van der Waals surface area contributed by atoms with Crippen LogP contribution in [-0.2, 0) is 0 Å². The van der Waals surface area contributed by atoms with Gasteiger partial charge in [-0.2, -0.15) is 0 Å². The van der Waals surface area contributed by atoms with Crippen molar-refractivity contribution < 1.29 is 4.79 Å². The molecule has 0 amide bonds. The number of carbonyl (C=O) groups is 1. The summed E-state index contributed by atoms with van der Waals surface area (Å²) in [5.74, 6) is 0.454. The van der Waals surface area contributed by atoms with Gasteiger partial charge in [0.05, 0.1) is 17.1 Å². The number of carbonyl (C=O) groups excluding carboxylic acids is 1. The van der Waals surface area contributed by atoms with Crippen molar-refractivity contribution in [2.75, 3.05) is 5.75 Å². The average Bonchev–Trinajstić information content (AvgIpc) is 3.09. The van der Waals surface area contributed by atoms with Crippen molar-refractivity contribution in [3.63, 3.8) is 0 Å². The van der Waals surface area contributed by atoms with Gasteiger partial charge >= 0.3 is 0 Å². The van der Waals surface area contributed by atoms with Crippen LogP contribution in [-0.4, -0.2) is 31.2 Å². The summed E-state index contributed by atoms with van der Waals surface area (Å²) in [6.45, 7) is 0. The highest BCUT2D eigenvalue weighted by molar-refractivity contribution is 8.00. The minimum absolute atomic E-state index is 0.0327. The Hall–Kier alpha value is -2.47. The molecule has 0 radical (unpaired) electrons. The number of hydrogen-bond acceptors (Lipinski definition) is 5. The lowest BCUT2D eigenvalue weighted by molar-refractivity contribution is 0.0941. The highest BCUT2D eigenvalue weighted by Gasteiger charge is 2.30. The topological polar surface area (TPSA) is 60.7 Å². The summed E-state index contributed by atoms with van der Waals surface area (Å²) in [4.78, 5) is 25.5. The van der Waals surface area contributed by atoms with E-state index in [9.17, 15) is 4.79 Å². The summed E-state index contributed by atoms with van der Waals surface area (Å²) >= 11 is 1.45. The molecule has 3 aromatic rings. The van der Waals surface area contributed by atoms with E-state index in [0.29, 0.717) is 16.6 Å². The SMILES string of the molecule is O=C1CSc2nc(-c3ccccn3)c(-c3ccccn3)n21. The molecule has 0 unspecified atom stereocenters. The summed E-state index contributed by atoms with van der Waals surface area (Å²) in [6, 6.07) is 11.3. The fraction of sp³-hybridized carbons (Fsp3) is 0.0667. The lowest BCUT2D eigenvalue weighted by Gasteiger charge is -2.05. The maximum atomic E-state index is 12.2. The highest BCUT2D eigenvalue weighted by atomic mass is 32.2. The van der Waals surface area contributed by atoms with Gasteiger partial charge in [-0.3, -0.25) is 19.3 Å². The van der Waals surface area contributed by atoms with E-state index in [2.05, 4.69) is 15.0 Å². The maximum absolute atomic E-state index is 12.2. The molecular formula is C15H10N4OS. The van der Waals surface area contributed by atoms with Gasteiger partial charge in [0.1, 0.15) is 11.4 Å². The zero-order chi connectivity index (χ0) is 14.2. The van der Waals surface area contributed by atoms with Crippen LogP contribution in [0.3, 0.4) is 0 Å². The van der Waals surface area contributed by atoms with E-state index >= 15 is 0 Å². The van der Waals surface area contributed by atoms with Crippen LogP contribution in [0.5, 0.6) is 0 Å². The van der Waals surface area contributed by atoms with Crippen LogP contribution in [0.15, 0.2) is 53.9 Å². The molecule has 0 spiro atoms. The third-order valence-electron chi connectivity index (χ3n) is 3.24. The summed E-state index contributed by atoms with van der Waals surface area (Å²) in [7, 11) is 0. The first-order valence-electron chi connectivity index (χ1n) is 6.46. The van der Waals surface area contributed by atoms with Gasteiger partial charge in [0.25, 0.3) is 0 Å². The second kappa shape index (κ2) is 4.82. The van der Waals surface area contributed by atoms with E-state index in [1.807, 2.05) is 36.4 Å². The summed E-state index contributed by atoms with van der Waals surface area (Å²) in [5.41, 5.74) is 2.89. The van der Waals surface area contributed by atoms with Crippen LogP contribution in [0.25, 0.3) is 22.8 Å². The second-order valence-corrected chi connectivity index (χ2v) is 5.48. The molecule has 0 N–H and O–H groups in total. The molecule has 1 aliphatic heterocycles. The molecular weight excluding hydrogens is 284 g/mol. The zero-order valence-corrected chi connectivity index (χ0v) is 11.7. The smallest absolute Gasteiger partial charge is 0.243 e. The van der Waals surface area contributed by atoms with E-state index in [1.54, 1.807) is 17.0 Å². The first-order chi connectivity index (χ1) is 10.3. The number of rotatable bonds is 2. The predicted octanol–water partition coefficient (Wildman–Crippen LogP) is 2.75. The standard InChI is InChI=1S/C15H10N4OS/c20-12-9-21-15-18-13(10-5-1-3-7-16-10)14(19(12)15)11-6-2-4-8-17-11/h1-8H,9H2. The number of imidazole rings is 1. The number of pyridine rings is 2. The Kier molecular flexibility index (Phi) is 2.82. The molecule has 0 aliphatic carbocycles. The molecule has 4 rings (SSSR count). The van der Waals surface area contributed by atoms with Crippen molar-refractivity contribution >= 4 is 17.7 Å². The van der Waals surface area contributed by atoms with Crippen molar-refractivity contribution in [2.24, 2.45) is 0 Å². The zero-order valence-electron chi connectivity index (χ0n) is 10.9. The van der Waals surface area contributed by atoms with E-state index in [4.69, 9.17) is 0 Å². The fourth-order valence-electron chi connectivity index (χ4n) is 2.34.